The number of ether oxygens (including phenoxy) is 14. The second-order valence-corrected chi connectivity index (χ2v) is 21.1. The van der Waals surface area contributed by atoms with E-state index in [1.807, 2.05) is 62.3 Å². The number of methoxy groups -OCH3 is 1. The standard InChI is InChI=1S/C58H118O14/c1-22-32-37-44-65-57(68-45-47(11)12,71-50(16)30-9)54(67-46-49(15)29-8,70-51(17)38-27-6)52(18,19)72-58(69-48(13)14,66-43-36-26-5)55(60-31-10,61-39-28-7)53(20,59-21)56(62-40-33-23-2,63-41-34-24-3)64-42-35-25-4/h47-51H,22-46H2,1-21H3. The summed E-state index contributed by atoms with van der Waals surface area (Å²) in [4.78, 5) is 0. The van der Waals surface area contributed by atoms with Crippen molar-refractivity contribution in [2.24, 2.45) is 11.8 Å². The van der Waals surface area contributed by atoms with E-state index in [0.29, 0.717) is 44.9 Å². The molecule has 0 aromatic heterocycles. The fourth-order valence-electron chi connectivity index (χ4n) is 8.24. The van der Waals surface area contributed by atoms with Gasteiger partial charge in [0.15, 0.2) is 0 Å². The molecule has 72 heavy (non-hydrogen) atoms. The van der Waals surface area contributed by atoms with Crippen molar-refractivity contribution in [3.63, 3.8) is 0 Å². The molecule has 0 bridgehead atoms. The number of hydrogen-bond acceptors (Lipinski definition) is 14. The van der Waals surface area contributed by atoms with Crippen LogP contribution in [0.2, 0.25) is 0 Å². The van der Waals surface area contributed by atoms with Crippen LogP contribution in [0.15, 0.2) is 0 Å². The van der Waals surface area contributed by atoms with E-state index < -0.39 is 52.9 Å². The highest BCUT2D eigenvalue weighted by atomic mass is 17.0. The summed E-state index contributed by atoms with van der Waals surface area (Å²) in [6.45, 7) is 42.8. The molecule has 0 aliphatic carbocycles. The molecule has 0 aliphatic heterocycles. The van der Waals surface area contributed by atoms with Gasteiger partial charge in [0.2, 0.25) is 5.60 Å². The molecule has 0 aliphatic rings. The summed E-state index contributed by atoms with van der Waals surface area (Å²) in [5, 5.41) is 0. The maximum atomic E-state index is 8.05. The zero-order valence-corrected chi connectivity index (χ0v) is 50.8. The van der Waals surface area contributed by atoms with Crippen molar-refractivity contribution in [3.05, 3.63) is 0 Å². The summed E-state index contributed by atoms with van der Waals surface area (Å²) >= 11 is 0. The maximum Gasteiger partial charge on any atom is 0.345 e. The van der Waals surface area contributed by atoms with Gasteiger partial charge >= 0.3 is 17.9 Å². The van der Waals surface area contributed by atoms with E-state index >= 15 is 0 Å². The fraction of sp³-hybridized carbons (Fsp3) is 1.00. The average molecular weight is 1040 g/mol. The zero-order valence-electron chi connectivity index (χ0n) is 50.8. The average Bonchev–Trinajstić information content (AvgIpc) is 3.33. The van der Waals surface area contributed by atoms with Crippen molar-refractivity contribution in [1.29, 1.82) is 0 Å². The SMILES string of the molecule is CCCCCOC(OCC(C)C)(OC(C)CC)C(OCC(C)CC)(OC(C)CCC)C(C)(C)OC(OCCCC)(OC(C)C)C(OCC)(OCCC)C(C)(OC)C(OCCCC)(OCCCC)OCCCC. The molecule has 0 amide bonds. The Hall–Kier alpha value is -0.560. The minimum atomic E-state index is -2.37. The Morgan fingerprint density at radius 2 is 0.889 bits per heavy atom. The Labute approximate surface area is 443 Å². The van der Waals surface area contributed by atoms with Crippen LogP contribution in [0.3, 0.4) is 0 Å². The van der Waals surface area contributed by atoms with Gasteiger partial charge in [-0.15, -0.1) is 0 Å². The van der Waals surface area contributed by atoms with E-state index in [0.717, 1.165) is 57.8 Å². The second-order valence-electron chi connectivity index (χ2n) is 21.1. The van der Waals surface area contributed by atoms with Crippen LogP contribution in [0.4, 0.5) is 0 Å². The summed E-state index contributed by atoms with van der Waals surface area (Å²) in [5.74, 6) is -10.5. The van der Waals surface area contributed by atoms with Gasteiger partial charge in [-0.05, 0) is 119 Å². The van der Waals surface area contributed by atoms with Gasteiger partial charge in [0.1, 0.15) is 5.60 Å². The van der Waals surface area contributed by atoms with Gasteiger partial charge in [0, 0.05) is 13.7 Å². The molecule has 0 aromatic carbocycles. The van der Waals surface area contributed by atoms with Gasteiger partial charge in [-0.25, -0.2) is 0 Å². The van der Waals surface area contributed by atoms with Gasteiger partial charge in [0.05, 0.1) is 71.2 Å². The smallest absolute Gasteiger partial charge is 0.345 e. The van der Waals surface area contributed by atoms with Crippen LogP contribution in [-0.2, 0) is 66.3 Å². The molecule has 14 heteroatoms. The lowest BCUT2D eigenvalue weighted by Gasteiger charge is -2.62. The van der Waals surface area contributed by atoms with Gasteiger partial charge in [0.25, 0.3) is 11.6 Å². The van der Waals surface area contributed by atoms with Crippen molar-refractivity contribution in [2.45, 2.75) is 300 Å². The molecule has 0 N–H and O–H groups in total. The van der Waals surface area contributed by atoms with Gasteiger partial charge < -0.3 is 66.3 Å². The third kappa shape index (κ3) is 20.0. The fourth-order valence-corrected chi connectivity index (χ4v) is 8.24. The molecule has 0 radical (unpaired) electrons. The first-order valence-electron chi connectivity index (χ1n) is 29.2. The predicted molar refractivity (Wildman–Crippen MR) is 290 cm³/mol. The lowest BCUT2D eigenvalue weighted by Crippen LogP contribution is -2.83. The van der Waals surface area contributed by atoms with E-state index in [1.54, 1.807) is 7.11 Å². The van der Waals surface area contributed by atoms with Crippen molar-refractivity contribution in [2.75, 3.05) is 66.6 Å². The Kier molecular flexibility index (Phi) is 37.0. The molecule has 8 atom stereocenters. The minimum Gasteiger partial charge on any atom is -0.365 e. The van der Waals surface area contributed by atoms with Crippen LogP contribution in [0.5, 0.6) is 0 Å². The van der Waals surface area contributed by atoms with Crippen LogP contribution < -0.4 is 0 Å². The largest absolute Gasteiger partial charge is 0.365 e. The molecule has 0 aromatic rings. The molecule has 14 nitrogen and oxygen atoms in total. The topological polar surface area (TPSA) is 129 Å². The van der Waals surface area contributed by atoms with Crippen LogP contribution in [0.1, 0.15) is 241 Å². The van der Waals surface area contributed by atoms with Crippen LogP contribution in [0.25, 0.3) is 0 Å². The lowest BCUT2D eigenvalue weighted by atomic mass is 9.86. The molecular formula is C58H118O14. The first-order valence-corrected chi connectivity index (χ1v) is 29.2. The van der Waals surface area contributed by atoms with Crippen LogP contribution >= 0.6 is 0 Å². The van der Waals surface area contributed by atoms with Gasteiger partial charge in [-0.2, -0.15) is 0 Å². The maximum absolute atomic E-state index is 8.05. The van der Waals surface area contributed by atoms with Gasteiger partial charge in [-0.3, -0.25) is 0 Å². The number of unbranched alkanes of at least 4 members (excludes halogenated alkanes) is 6. The second kappa shape index (κ2) is 37.3. The highest BCUT2D eigenvalue weighted by Crippen LogP contribution is 2.56. The molecule has 0 spiro atoms. The van der Waals surface area contributed by atoms with Crippen LogP contribution in [0, 0.1) is 11.8 Å². The van der Waals surface area contributed by atoms with Gasteiger partial charge in [-0.1, -0.05) is 134 Å². The first kappa shape index (κ1) is 71.4. The van der Waals surface area contributed by atoms with E-state index in [-0.39, 0.29) is 77.4 Å². The first-order chi connectivity index (χ1) is 34.1. The summed E-state index contributed by atoms with van der Waals surface area (Å²) in [6, 6.07) is 0. The van der Waals surface area contributed by atoms with Crippen LogP contribution in [-0.4, -0.2) is 126 Å². The Morgan fingerprint density at radius 1 is 0.389 bits per heavy atom. The summed E-state index contributed by atoms with van der Waals surface area (Å²) < 4.78 is 103. The summed E-state index contributed by atoms with van der Waals surface area (Å²) in [6.07, 6.45) is 11.0. The normalized spacial score (nSPS) is 18.4. The molecule has 0 saturated carbocycles. The molecule has 0 saturated heterocycles. The minimum absolute atomic E-state index is 0.0611. The van der Waals surface area contributed by atoms with Crippen molar-refractivity contribution in [3.8, 4) is 0 Å². The Bertz CT molecular complexity index is 1280. The molecule has 0 rings (SSSR count). The quantitative estimate of drug-likeness (QED) is 0.0423. The van der Waals surface area contributed by atoms with Crippen molar-refractivity contribution < 1.29 is 66.3 Å². The highest BCUT2D eigenvalue weighted by Gasteiger charge is 2.81. The van der Waals surface area contributed by atoms with E-state index in [4.69, 9.17) is 66.3 Å². The van der Waals surface area contributed by atoms with E-state index in [9.17, 15) is 0 Å². The Balaban J connectivity index is 9.99. The van der Waals surface area contributed by atoms with Crippen molar-refractivity contribution >= 4 is 0 Å². The van der Waals surface area contributed by atoms with E-state index in [1.165, 1.54) is 0 Å². The zero-order chi connectivity index (χ0) is 55.0. The van der Waals surface area contributed by atoms with E-state index in [2.05, 4.69) is 76.2 Å². The third-order valence-corrected chi connectivity index (χ3v) is 12.9. The molecule has 434 valence electrons. The third-order valence-electron chi connectivity index (χ3n) is 12.9. The molecular weight excluding hydrogens is 921 g/mol. The lowest BCUT2D eigenvalue weighted by molar-refractivity contribution is -0.599. The monoisotopic (exact) mass is 1040 g/mol. The highest BCUT2D eigenvalue weighted by molar-refractivity contribution is 5.09. The summed E-state index contributed by atoms with van der Waals surface area (Å²) in [5.41, 5.74) is -3.63. The Morgan fingerprint density at radius 3 is 1.31 bits per heavy atom. The molecule has 8 unspecified atom stereocenters. The molecule has 0 fully saturated rings. The summed E-state index contributed by atoms with van der Waals surface area (Å²) in [7, 11) is 1.59. The predicted octanol–water partition coefficient (Wildman–Crippen LogP) is 14.7. The van der Waals surface area contributed by atoms with Crippen molar-refractivity contribution in [1.82, 2.24) is 0 Å². The number of rotatable bonds is 50. The molecule has 0 heterocycles. The number of hydrogen-bond donors (Lipinski definition) is 0.